The molecule has 0 unspecified atom stereocenters. The van der Waals surface area contributed by atoms with Crippen LogP contribution >= 0.6 is 0 Å². The van der Waals surface area contributed by atoms with E-state index >= 15 is 0 Å². The van der Waals surface area contributed by atoms with Crippen molar-refractivity contribution >= 4 is 73.4 Å². The first-order valence-corrected chi connectivity index (χ1v) is 16.0. The van der Waals surface area contributed by atoms with Crippen LogP contribution in [0.1, 0.15) is 142 Å². The third-order valence-corrected chi connectivity index (χ3v) is 6.36. The Kier molecular flexibility index (Phi) is 40.5. The zero-order valence-electron chi connectivity index (χ0n) is 22.3. The van der Waals surface area contributed by atoms with E-state index in [1.165, 1.54) is 89.9 Å². The summed E-state index contributed by atoms with van der Waals surface area (Å²) in [5.41, 5.74) is 0. The molecule has 210 valence electrons. The van der Waals surface area contributed by atoms with E-state index in [4.69, 9.17) is 0 Å². The molecule has 0 saturated heterocycles. The van der Waals surface area contributed by atoms with Gasteiger partial charge in [0.15, 0.2) is 0 Å². The molecule has 0 amide bonds. The van der Waals surface area contributed by atoms with E-state index in [2.05, 4.69) is 22.2 Å². The van der Waals surface area contributed by atoms with Crippen LogP contribution in [0.15, 0.2) is 0 Å². The first-order valence-electron chi connectivity index (χ1n) is 13.3. The van der Waals surface area contributed by atoms with Crippen molar-refractivity contribution in [3.05, 3.63) is 0 Å². The number of hydrogen-bond donors (Lipinski definition) is 0. The van der Waals surface area contributed by atoms with E-state index in [0.29, 0.717) is 12.8 Å². The van der Waals surface area contributed by atoms with Gasteiger partial charge in [0.2, 0.25) is 20.8 Å². The standard InChI is InChI=1S/2C12H26O4S.Mg.Na.H/c2*1-2-3-4-5-6-7-8-9-10-11-12-16-17(13,14)15;;;/h2*2-12H2,1H3,(H,13,14,15);;;/q;;+2;;/p-2. The van der Waals surface area contributed by atoms with Crippen LogP contribution in [0.2, 0.25) is 0 Å². The summed E-state index contributed by atoms with van der Waals surface area (Å²) in [4.78, 5) is 0. The van der Waals surface area contributed by atoms with E-state index in [9.17, 15) is 25.9 Å². The van der Waals surface area contributed by atoms with Crippen LogP contribution in [0, 0.1) is 0 Å². The van der Waals surface area contributed by atoms with E-state index in [1.807, 2.05) is 0 Å². The molecule has 0 aliphatic carbocycles. The summed E-state index contributed by atoms with van der Waals surface area (Å²) in [6.45, 7) is 4.49. The van der Waals surface area contributed by atoms with Gasteiger partial charge in [0, 0.05) is 0 Å². The molecule has 0 aliphatic rings. The summed E-state index contributed by atoms with van der Waals surface area (Å²) in [6.07, 6.45) is 23.4. The molecule has 0 radical (unpaired) electrons. The summed E-state index contributed by atoms with van der Waals surface area (Å²) in [6, 6.07) is 0. The molecule has 0 aromatic heterocycles. The minimum absolute atomic E-state index is 0. The van der Waals surface area contributed by atoms with Crippen molar-refractivity contribution in [1.29, 1.82) is 0 Å². The number of hydrogen-bond acceptors (Lipinski definition) is 8. The summed E-state index contributed by atoms with van der Waals surface area (Å²) in [5, 5.41) is 0. The van der Waals surface area contributed by atoms with Crippen molar-refractivity contribution in [3.8, 4) is 0 Å². The fourth-order valence-corrected chi connectivity index (χ4v) is 4.14. The van der Waals surface area contributed by atoms with Crippen molar-refractivity contribution in [2.24, 2.45) is 0 Å². The van der Waals surface area contributed by atoms with Crippen molar-refractivity contribution < 1.29 is 34.3 Å². The monoisotopic (exact) mass is 578 g/mol. The van der Waals surface area contributed by atoms with Gasteiger partial charge in [0.1, 0.15) is 0 Å². The first-order chi connectivity index (χ1) is 16.1. The Morgan fingerprint density at radius 1 is 0.444 bits per heavy atom. The van der Waals surface area contributed by atoms with Gasteiger partial charge in [-0.1, -0.05) is 129 Å². The zero-order chi connectivity index (χ0) is 26.0. The second-order valence-electron chi connectivity index (χ2n) is 8.82. The van der Waals surface area contributed by atoms with Gasteiger partial charge in [-0.3, -0.25) is 8.37 Å². The average molecular weight is 579 g/mol. The normalized spacial score (nSPS) is 11.2. The molecule has 0 N–H and O–H groups in total. The van der Waals surface area contributed by atoms with Crippen LogP contribution in [0.5, 0.6) is 0 Å². The Morgan fingerprint density at radius 2 is 0.639 bits per heavy atom. The van der Waals surface area contributed by atoms with E-state index in [1.54, 1.807) is 0 Å². The molecule has 0 spiro atoms. The van der Waals surface area contributed by atoms with Gasteiger partial charge in [0.25, 0.3) is 0 Å². The van der Waals surface area contributed by atoms with Gasteiger partial charge in [0.05, 0.1) is 13.2 Å². The molecule has 0 atom stereocenters. The third kappa shape index (κ3) is 48.6. The van der Waals surface area contributed by atoms with Crippen LogP contribution in [0.25, 0.3) is 0 Å². The predicted molar refractivity (Wildman–Crippen MR) is 148 cm³/mol. The summed E-state index contributed by atoms with van der Waals surface area (Å²) in [5.74, 6) is 0. The minimum atomic E-state index is -4.48. The number of rotatable bonds is 24. The van der Waals surface area contributed by atoms with Crippen LogP contribution in [-0.4, -0.2) is 91.8 Å². The zero-order valence-corrected chi connectivity index (χ0v) is 25.4. The topological polar surface area (TPSA) is 133 Å². The first kappa shape index (κ1) is 44.5. The van der Waals surface area contributed by atoms with Crippen molar-refractivity contribution in [1.82, 2.24) is 0 Å². The van der Waals surface area contributed by atoms with Crippen LogP contribution < -0.4 is 0 Å². The van der Waals surface area contributed by atoms with Gasteiger partial charge in [-0.25, -0.2) is 16.8 Å². The van der Waals surface area contributed by atoms with Crippen LogP contribution in [0.3, 0.4) is 0 Å². The Morgan fingerprint density at radius 3 is 0.833 bits per heavy atom. The SMILES string of the molecule is CCCCCCCCCCCCOS(=O)(=O)[O-].CCCCCCCCCCCCOS(=O)(=O)[O-].[Mg+2].[NaH]. The van der Waals surface area contributed by atoms with Crippen LogP contribution in [-0.2, 0) is 29.2 Å². The second-order valence-corrected chi connectivity index (χ2v) is 10.9. The molecule has 8 nitrogen and oxygen atoms in total. The molecular weight excluding hydrogens is 528 g/mol. The molecule has 36 heavy (non-hydrogen) atoms. The third-order valence-electron chi connectivity index (χ3n) is 5.45. The Labute approximate surface area is 261 Å². The second kappa shape index (κ2) is 32.7. The van der Waals surface area contributed by atoms with Gasteiger partial charge in [-0.2, -0.15) is 0 Å². The molecule has 0 rings (SSSR count). The molecule has 0 bridgehead atoms. The molecular formula is C24H51MgNaO8S2. The Bertz CT molecular complexity index is 566. The van der Waals surface area contributed by atoms with Crippen molar-refractivity contribution in [2.45, 2.75) is 142 Å². The maximum absolute atomic E-state index is 10.1. The maximum atomic E-state index is 10.1. The van der Waals surface area contributed by atoms with Crippen LogP contribution in [0.4, 0.5) is 0 Å². The molecule has 0 aliphatic heterocycles. The Hall–Kier alpha value is 1.51. The predicted octanol–water partition coefficient (Wildman–Crippen LogP) is 5.74. The van der Waals surface area contributed by atoms with Crippen molar-refractivity contribution in [3.63, 3.8) is 0 Å². The van der Waals surface area contributed by atoms with Crippen molar-refractivity contribution in [2.75, 3.05) is 13.2 Å². The van der Waals surface area contributed by atoms with Gasteiger partial charge >= 0.3 is 52.6 Å². The molecule has 12 heteroatoms. The van der Waals surface area contributed by atoms with E-state index < -0.39 is 20.8 Å². The van der Waals surface area contributed by atoms with E-state index in [0.717, 1.165) is 25.7 Å². The Balaban J connectivity index is -0.000000269. The number of unbranched alkanes of at least 4 members (excludes halogenated alkanes) is 18. The molecule has 0 fully saturated rings. The molecule has 0 saturated carbocycles. The summed E-state index contributed by atoms with van der Waals surface area (Å²) < 4.78 is 68.9. The van der Waals surface area contributed by atoms with E-state index in [-0.39, 0.29) is 65.8 Å². The molecule has 0 heterocycles. The van der Waals surface area contributed by atoms with Gasteiger partial charge < -0.3 is 9.11 Å². The molecule has 0 aromatic rings. The quantitative estimate of drug-likeness (QED) is 0.0613. The molecule has 0 aromatic carbocycles. The fraction of sp³-hybridized carbons (Fsp3) is 1.00. The summed E-state index contributed by atoms with van der Waals surface area (Å²) >= 11 is 0. The van der Waals surface area contributed by atoms with Gasteiger partial charge in [-0.05, 0) is 12.8 Å². The average Bonchev–Trinajstić information content (AvgIpc) is 2.75. The summed E-state index contributed by atoms with van der Waals surface area (Å²) in [7, 11) is -8.97. The fourth-order valence-electron chi connectivity index (χ4n) is 3.50. The van der Waals surface area contributed by atoms with Gasteiger partial charge in [-0.15, -0.1) is 0 Å².